The maximum absolute atomic E-state index is 5.58. The third-order valence-electron chi connectivity index (χ3n) is 2.51. The van der Waals surface area contributed by atoms with Crippen LogP contribution in [0.2, 0.25) is 0 Å². The van der Waals surface area contributed by atoms with Crippen molar-refractivity contribution in [3.8, 4) is 0 Å². The highest BCUT2D eigenvalue weighted by atomic mass is 16.3. The number of hydrazine groups is 1. The molecule has 0 aliphatic carbocycles. The number of rotatable bonds is 5. The van der Waals surface area contributed by atoms with E-state index < -0.39 is 0 Å². The molecule has 16 heavy (non-hydrogen) atoms. The highest BCUT2D eigenvalue weighted by Crippen LogP contribution is 2.20. The van der Waals surface area contributed by atoms with Crippen LogP contribution in [-0.2, 0) is 6.54 Å². The molecule has 2 rings (SSSR count). The highest BCUT2D eigenvalue weighted by molar-refractivity contribution is 5.20. The summed E-state index contributed by atoms with van der Waals surface area (Å²) in [5.41, 5.74) is 3.74. The molecule has 0 amide bonds. The van der Waals surface area contributed by atoms with Gasteiger partial charge in [-0.25, -0.2) is 10.4 Å². The molecule has 0 saturated heterocycles. The van der Waals surface area contributed by atoms with E-state index in [2.05, 4.69) is 21.9 Å². The van der Waals surface area contributed by atoms with Gasteiger partial charge in [0.05, 0.1) is 12.5 Å². The summed E-state index contributed by atoms with van der Waals surface area (Å²) in [6.07, 6.45) is 8.12. The van der Waals surface area contributed by atoms with Crippen molar-refractivity contribution >= 4 is 0 Å². The molecular weight excluding hydrogens is 204 g/mol. The zero-order chi connectivity index (χ0) is 11.4. The van der Waals surface area contributed by atoms with Crippen LogP contribution in [0.1, 0.15) is 30.8 Å². The van der Waals surface area contributed by atoms with Gasteiger partial charge in [0.1, 0.15) is 11.9 Å². The van der Waals surface area contributed by atoms with Crippen molar-refractivity contribution in [2.45, 2.75) is 25.9 Å². The third-order valence-corrected chi connectivity index (χ3v) is 2.51. The number of nitrogens with two attached hydrogens (primary N) is 1. The van der Waals surface area contributed by atoms with Gasteiger partial charge >= 0.3 is 0 Å². The number of imidazole rings is 1. The molecule has 0 aliphatic heterocycles. The number of hydrogen-bond acceptors (Lipinski definition) is 4. The predicted molar refractivity (Wildman–Crippen MR) is 60.4 cm³/mol. The van der Waals surface area contributed by atoms with Gasteiger partial charge in [-0.05, 0) is 12.5 Å². The van der Waals surface area contributed by atoms with Crippen LogP contribution in [0.5, 0.6) is 0 Å². The predicted octanol–water partition coefficient (Wildman–Crippen LogP) is 1.44. The van der Waals surface area contributed by atoms with Crippen LogP contribution < -0.4 is 11.3 Å². The zero-order valence-electron chi connectivity index (χ0n) is 9.26. The van der Waals surface area contributed by atoms with Crippen molar-refractivity contribution in [3.63, 3.8) is 0 Å². The lowest BCUT2D eigenvalue weighted by molar-refractivity contribution is 0.527. The summed E-state index contributed by atoms with van der Waals surface area (Å²) < 4.78 is 7.16. The van der Waals surface area contributed by atoms with E-state index in [0.717, 1.165) is 24.4 Å². The Morgan fingerprint density at radius 2 is 2.50 bits per heavy atom. The summed E-state index contributed by atoms with van der Waals surface area (Å²) in [5.74, 6) is 6.48. The van der Waals surface area contributed by atoms with Gasteiger partial charge in [-0.3, -0.25) is 5.84 Å². The average molecular weight is 220 g/mol. The molecule has 1 unspecified atom stereocenters. The van der Waals surface area contributed by atoms with Gasteiger partial charge in [0.25, 0.3) is 0 Å². The molecule has 2 heterocycles. The maximum Gasteiger partial charge on any atom is 0.131 e. The fourth-order valence-corrected chi connectivity index (χ4v) is 1.77. The fourth-order valence-electron chi connectivity index (χ4n) is 1.77. The second kappa shape index (κ2) is 4.96. The van der Waals surface area contributed by atoms with E-state index >= 15 is 0 Å². The van der Waals surface area contributed by atoms with E-state index in [-0.39, 0.29) is 6.04 Å². The van der Waals surface area contributed by atoms with Crippen LogP contribution in [0.25, 0.3) is 0 Å². The molecule has 1 atom stereocenters. The normalized spacial score (nSPS) is 12.9. The van der Waals surface area contributed by atoms with Gasteiger partial charge in [0, 0.05) is 24.5 Å². The minimum Gasteiger partial charge on any atom is -0.472 e. The van der Waals surface area contributed by atoms with Crippen molar-refractivity contribution < 1.29 is 4.42 Å². The van der Waals surface area contributed by atoms with Crippen LogP contribution in [0.15, 0.2) is 35.4 Å². The zero-order valence-corrected chi connectivity index (χ0v) is 9.26. The Bertz CT molecular complexity index is 421. The highest BCUT2D eigenvalue weighted by Gasteiger charge is 2.18. The van der Waals surface area contributed by atoms with E-state index in [0.29, 0.717) is 0 Å². The molecule has 3 N–H and O–H groups in total. The summed E-state index contributed by atoms with van der Waals surface area (Å²) in [5, 5.41) is 0. The van der Waals surface area contributed by atoms with E-state index in [9.17, 15) is 0 Å². The quantitative estimate of drug-likeness (QED) is 0.591. The van der Waals surface area contributed by atoms with Crippen LogP contribution in [0, 0.1) is 0 Å². The summed E-state index contributed by atoms with van der Waals surface area (Å²) in [6, 6.07) is 1.76. The van der Waals surface area contributed by atoms with Gasteiger partial charge in [-0.2, -0.15) is 0 Å². The molecule has 0 fully saturated rings. The lowest BCUT2D eigenvalue weighted by Crippen LogP contribution is -2.30. The Morgan fingerprint density at radius 1 is 1.62 bits per heavy atom. The van der Waals surface area contributed by atoms with Gasteiger partial charge in [0.15, 0.2) is 0 Å². The van der Waals surface area contributed by atoms with Crippen molar-refractivity contribution in [2.24, 2.45) is 5.84 Å². The molecule has 0 aromatic carbocycles. The Labute approximate surface area is 94.2 Å². The summed E-state index contributed by atoms with van der Waals surface area (Å²) in [7, 11) is 0. The number of nitrogens with zero attached hydrogens (tertiary/aromatic N) is 2. The molecule has 0 bridgehead atoms. The van der Waals surface area contributed by atoms with Crippen molar-refractivity contribution in [3.05, 3.63) is 42.4 Å². The summed E-state index contributed by atoms with van der Waals surface area (Å²) in [6.45, 7) is 3.07. The van der Waals surface area contributed by atoms with Crippen LogP contribution in [0.3, 0.4) is 0 Å². The molecule has 0 radical (unpaired) electrons. The van der Waals surface area contributed by atoms with E-state index in [1.54, 1.807) is 18.7 Å². The van der Waals surface area contributed by atoms with Gasteiger partial charge < -0.3 is 8.98 Å². The molecule has 0 saturated carbocycles. The Morgan fingerprint density at radius 3 is 3.12 bits per heavy atom. The number of nitrogens with one attached hydrogen (secondary N) is 1. The average Bonchev–Trinajstić information content (AvgIpc) is 2.92. The largest absolute Gasteiger partial charge is 0.472 e. The smallest absolute Gasteiger partial charge is 0.131 e. The van der Waals surface area contributed by atoms with Gasteiger partial charge in [-0.15, -0.1) is 0 Å². The van der Waals surface area contributed by atoms with Crippen molar-refractivity contribution in [1.29, 1.82) is 0 Å². The summed E-state index contributed by atoms with van der Waals surface area (Å²) in [4.78, 5) is 4.34. The Kier molecular flexibility index (Phi) is 3.38. The number of aromatic nitrogens is 2. The monoisotopic (exact) mass is 220 g/mol. The molecule has 5 heteroatoms. The molecule has 86 valence electrons. The molecule has 2 aromatic rings. The third kappa shape index (κ3) is 2.00. The van der Waals surface area contributed by atoms with E-state index in [1.807, 2.05) is 12.3 Å². The minimum absolute atomic E-state index is 0.125. The first kappa shape index (κ1) is 10.9. The van der Waals surface area contributed by atoms with E-state index in [1.165, 1.54) is 0 Å². The first-order valence-corrected chi connectivity index (χ1v) is 5.36. The number of aryl methyl sites for hydroxylation is 1. The first-order valence-electron chi connectivity index (χ1n) is 5.36. The lowest BCUT2D eigenvalue weighted by Gasteiger charge is -2.15. The Hall–Kier alpha value is -1.59. The molecular formula is C11H16N4O. The van der Waals surface area contributed by atoms with Crippen LogP contribution in [0.4, 0.5) is 0 Å². The van der Waals surface area contributed by atoms with Crippen LogP contribution >= 0.6 is 0 Å². The van der Waals surface area contributed by atoms with Gasteiger partial charge in [-0.1, -0.05) is 6.92 Å². The second-order valence-corrected chi connectivity index (χ2v) is 3.64. The molecule has 2 aromatic heterocycles. The van der Waals surface area contributed by atoms with Crippen molar-refractivity contribution in [2.75, 3.05) is 0 Å². The standard InChI is InChI=1S/C11H16N4O/c1-2-5-15-6-4-13-11(15)10(14-12)9-3-7-16-8-9/h3-4,6-8,10,14H,2,5,12H2,1H3. The maximum atomic E-state index is 5.58. The molecule has 5 nitrogen and oxygen atoms in total. The molecule has 0 spiro atoms. The van der Waals surface area contributed by atoms with E-state index in [4.69, 9.17) is 10.3 Å². The number of furan rings is 1. The first-order chi connectivity index (χ1) is 7.86. The molecule has 0 aliphatic rings. The number of hydrogen-bond donors (Lipinski definition) is 2. The fraction of sp³-hybridized carbons (Fsp3) is 0.364. The van der Waals surface area contributed by atoms with Crippen molar-refractivity contribution in [1.82, 2.24) is 15.0 Å². The topological polar surface area (TPSA) is 69.0 Å². The Balaban J connectivity index is 2.30. The lowest BCUT2D eigenvalue weighted by atomic mass is 10.1. The minimum atomic E-state index is -0.125. The SMILES string of the molecule is CCCn1ccnc1C(NN)c1ccoc1. The summed E-state index contributed by atoms with van der Waals surface area (Å²) >= 11 is 0. The van der Waals surface area contributed by atoms with Gasteiger partial charge in [0.2, 0.25) is 0 Å². The second-order valence-electron chi connectivity index (χ2n) is 3.64. The van der Waals surface area contributed by atoms with Crippen LogP contribution in [-0.4, -0.2) is 9.55 Å².